The number of ether oxygens (including phenoxy) is 1. The van der Waals surface area contributed by atoms with Gasteiger partial charge >= 0.3 is 5.97 Å². The summed E-state index contributed by atoms with van der Waals surface area (Å²) in [6.45, 7) is 9.57. The maximum absolute atomic E-state index is 12.6. The average molecular weight is 611 g/mol. The number of carbonyl (C=O) groups is 1. The topological polar surface area (TPSA) is 90.1 Å². The fourth-order valence-corrected chi connectivity index (χ4v) is 6.83. The van der Waals surface area contributed by atoms with Crippen molar-refractivity contribution in [2.75, 3.05) is 0 Å². The number of nitrogens with zero attached hydrogens (tertiary/aromatic N) is 4. The van der Waals surface area contributed by atoms with Gasteiger partial charge in [0.2, 0.25) is 0 Å². The zero-order valence-electron chi connectivity index (χ0n) is 24.8. The van der Waals surface area contributed by atoms with Gasteiger partial charge in [0, 0.05) is 45.9 Å². The van der Waals surface area contributed by atoms with Crippen LogP contribution in [0.3, 0.4) is 0 Å². The monoisotopic (exact) mass is 610 g/mol. The second kappa shape index (κ2) is 10.9. The molecule has 0 aliphatic carbocycles. The molecule has 1 atom stereocenters. The van der Waals surface area contributed by atoms with Crippen molar-refractivity contribution in [3.8, 4) is 33.0 Å². The summed E-state index contributed by atoms with van der Waals surface area (Å²) in [5.41, 5.74) is 8.16. The van der Waals surface area contributed by atoms with Crippen LogP contribution in [0.4, 0.5) is 0 Å². The van der Waals surface area contributed by atoms with E-state index in [2.05, 4.69) is 29.1 Å². The number of rotatable bonds is 6. The molecule has 0 saturated heterocycles. The highest BCUT2D eigenvalue weighted by Crippen LogP contribution is 2.44. The third-order valence-corrected chi connectivity index (χ3v) is 8.73. The first-order valence-electron chi connectivity index (χ1n) is 13.9. The molecule has 3 heterocycles. The number of hydrogen-bond donors (Lipinski definition) is 1. The Kier molecular flexibility index (Phi) is 7.32. The van der Waals surface area contributed by atoms with Crippen LogP contribution in [0.1, 0.15) is 43.6 Å². The van der Waals surface area contributed by atoms with E-state index in [1.807, 2.05) is 88.1 Å². The number of aliphatic carboxylic acids is 1. The molecule has 0 radical (unpaired) electrons. The Morgan fingerprint density at radius 1 is 1.00 bits per heavy atom. The zero-order valence-corrected chi connectivity index (χ0v) is 26.3. The normalized spacial score (nSPS) is 12.7. The zero-order chi connectivity index (χ0) is 30.6. The number of carboxylic acid groups (broad SMARTS) is 1. The molecule has 1 unspecified atom stereocenters. The van der Waals surface area contributed by atoms with Crippen LogP contribution in [0.25, 0.3) is 54.1 Å². The van der Waals surface area contributed by atoms with E-state index in [1.54, 1.807) is 6.20 Å². The van der Waals surface area contributed by atoms with Crippen molar-refractivity contribution < 1.29 is 14.6 Å². The quantitative estimate of drug-likeness (QED) is 0.203. The van der Waals surface area contributed by atoms with Crippen molar-refractivity contribution in [2.24, 2.45) is 7.05 Å². The number of fused-ring (bicyclic) bond motifs is 2. The summed E-state index contributed by atoms with van der Waals surface area (Å²) in [6, 6.07) is 17.6. The Labute approximate surface area is 258 Å². The van der Waals surface area contributed by atoms with Gasteiger partial charge in [0.05, 0.1) is 33.2 Å². The number of thiazole rings is 1. The third kappa shape index (κ3) is 5.54. The van der Waals surface area contributed by atoms with Crippen molar-refractivity contribution in [2.45, 2.75) is 46.3 Å². The number of aryl methyl sites for hydroxylation is 3. The molecule has 0 aliphatic rings. The highest BCUT2D eigenvalue weighted by Gasteiger charge is 2.32. The molecule has 7 nitrogen and oxygen atoms in total. The van der Waals surface area contributed by atoms with Gasteiger partial charge in [-0.3, -0.25) is 9.67 Å². The molecule has 6 aromatic rings. The molecule has 9 heteroatoms. The van der Waals surface area contributed by atoms with Crippen molar-refractivity contribution in [1.82, 2.24) is 19.7 Å². The Hall–Kier alpha value is -4.11. The van der Waals surface area contributed by atoms with Crippen LogP contribution in [0.2, 0.25) is 5.02 Å². The van der Waals surface area contributed by atoms with Crippen LogP contribution in [0.15, 0.2) is 67.0 Å². The average Bonchev–Trinajstić information content (AvgIpc) is 3.55. The Morgan fingerprint density at radius 2 is 1.74 bits per heavy atom. The van der Waals surface area contributed by atoms with Gasteiger partial charge in [-0.15, -0.1) is 11.3 Å². The largest absolute Gasteiger partial charge is 0.479 e. The van der Waals surface area contributed by atoms with Gasteiger partial charge in [0.25, 0.3) is 0 Å². The van der Waals surface area contributed by atoms with Crippen LogP contribution in [-0.2, 0) is 16.6 Å². The lowest BCUT2D eigenvalue weighted by atomic mass is 9.91. The van der Waals surface area contributed by atoms with E-state index in [1.165, 1.54) is 11.3 Å². The van der Waals surface area contributed by atoms with Crippen molar-refractivity contribution in [3.05, 3.63) is 88.7 Å². The van der Waals surface area contributed by atoms with Gasteiger partial charge in [-0.05, 0) is 93.8 Å². The molecule has 0 saturated carbocycles. The minimum Gasteiger partial charge on any atom is -0.479 e. The summed E-state index contributed by atoms with van der Waals surface area (Å²) in [5, 5.41) is 17.2. The Morgan fingerprint density at radius 3 is 2.44 bits per heavy atom. The maximum atomic E-state index is 12.6. The molecule has 218 valence electrons. The molecule has 0 amide bonds. The number of halogens is 1. The highest BCUT2D eigenvalue weighted by molar-refractivity contribution is 7.22. The molecule has 3 aromatic heterocycles. The SMILES string of the molecule is Cc1cc2nc(-c3ccnc(-c4cc(C)c5c(cnn5C)c4)c3)sc2c(-c2ccc(Cl)cc2)c1C(OC(C)(C)C)C(=O)O. The van der Waals surface area contributed by atoms with Crippen LogP contribution < -0.4 is 0 Å². The minimum absolute atomic E-state index is 0.601. The van der Waals surface area contributed by atoms with Gasteiger partial charge in [0.15, 0.2) is 6.10 Å². The lowest BCUT2D eigenvalue weighted by molar-refractivity contribution is -0.160. The van der Waals surface area contributed by atoms with E-state index in [-0.39, 0.29) is 0 Å². The van der Waals surface area contributed by atoms with Crippen molar-refractivity contribution >= 4 is 50.0 Å². The minimum atomic E-state index is -1.17. The Bertz CT molecular complexity index is 2020. The number of aromatic nitrogens is 4. The van der Waals surface area contributed by atoms with E-state index in [4.69, 9.17) is 21.3 Å². The predicted octanol–water partition coefficient (Wildman–Crippen LogP) is 8.79. The predicted molar refractivity (Wildman–Crippen MR) is 174 cm³/mol. The molecule has 43 heavy (non-hydrogen) atoms. The standard InChI is InChI=1S/C34H31ClN4O3S/c1-18-14-26-31(28(20-7-9-24(35)10-8-20)27(18)30(33(40)41)42-34(3,4)5)43-32(38-26)21-11-12-36-25(16-21)22-13-19(2)29-23(15-22)17-37-39(29)6/h7-17,30H,1-6H3,(H,40,41). The summed E-state index contributed by atoms with van der Waals surface area (Å²) < 4.78 is 8.91. The summed E-state index contributed by atoms with van der Waals surface area (Å²) in [7, 11) is 1.94. The first-order chi connectivity index (χ1) is 20.4. The summed E-state index contributed by atoms with van der Waals surface area (Å²) in [4.78, 5) is 22.4. The third-order valence-electron chi connectivity index (χ3n) is 7.34. The van der Waals surface area contributed by atoms with Crippen LogP contribution in [-0.4, -0.2) is 36.4 Å². The lowest BCUT2D eigenvalue weighted by Crippen LogP contribution is -2.28. The number of pyridine rings is 1. The van der Waals surface area contributed by atoms with E-state index < -0.39 is 17.7 Å². The van der Waals surface area contributed by atoms with Gasteiger partial charge < -0.3 is 9.84 Å². The van der Waals surface area contributed by atoms with E-state index in [0.717, 1.165) is 65.2 Å². The van der Waals surface area contributed by atoms with Crippen LogP contribution >= 0.6 is 22.9 Å². The maximum Gasteiger partial charge on any atom is 0.337 e. The number of carboxylic acids is 1. The molecular weight excluding hydrogens is 580 g/mol. The van der Waals surface area contributed by atoms with Gasteiger partial charge in [-0.1, -0.05) is 23.7 Å². The fourth-order valence-electron chi connectivity index (χ4n) is 5.59. The first-order valence-corrected chi connectivity index (χ1v) is 15.1. The van der Waals surface area contributed by atoms with Crippen molar-refractivity contribution in [3.63, 3.8) is 0 Å². The number of benzene rings is 3. The van der Waals surface area contributed by atoms with Crippen molar-refractivity contribution in [1.29, 1.82) is 0 Å². The summed E-state index contributed by atoms with van der Waals surface area (Å²) >= 11 is 7.77. The van der Waals surface area contributed by atoms with Gasteiger partial charge in [-0.25, -0.2) is 9.78 Å². The first kappa shape index (κ1) is 29.0. The van der Waals surface area contributed by atoms with E-state index >= 15 is 0 Å². The summed E-state index contributed by atoms with van der Waals surface area (Å²) in [6.07, 6.45) is 2.50. The molecule has 1 N–H and O–H groups in total. The van der Waals surface area contributed by atoms with Crippen LogP contribution in [0, 0.1) is 13.8 Å². The molecule has 0 spiro atoms. The smallest absolute Gasteiger partial charge is 0.337 e. The van der Waals surface area contributed by atoms with E-state index in [0.29, 0.717) is 10.6 Å². The number of hydrogen-bond acceptors (Lipinski definition) is 6. The second-order valence-corrected chi connectivity index (χ2v) is 13.2. The molecule has 3 aromatic carbocycles. The van der Waals surface area contributed by atoms with E-state index in [9.17, 15) is 9.90 Å². The molecule has 0 bridgehead atoms. The molecule has 0 fully saturated rings. The van der Waals surface area contributed by atoms with Gasteiger partial charge in [-0.2, -0.15) is 5.10 Å². The molecular formula is C34H31ClN4O3S. The second-order valence-electron chi connectivity index (χ2n) is 11.7. The van der Waals surface area contributed by atoms with Gasteiger partial charge in [0.1, 0.15) is 5.01 Å². The van der Waals surface area contributed by atoms with Crippen LogP contribution in [0.5, 0.6) is 0 Å². The Balaban J connectivity index is 1.54. The summed E-state index contributed by atoms with van der Waals surface area (Å²) in [5.74, 6) is -1.04. The highest BCUT2D eigenvalue weighted by atomic mass is 35.5. The lowest BCUT2D eigenvalue weighted by Gasteiger charge is -2.28. The molecule has 0 aliphatic heterocycles. The molecule has 6 rings (SSSR count). The fraction of sp³-hybridized carbons (Fsp3) is 0.235.